The van der Waals surface area contributed by atoms with Crippen LogP contribution in [0.15, 0.2) is 152 Å². The predicted molar refractivity (Wildman–Crippen MR) is 188 cm³/mol. The number of nitrogens with zero attached hydrogens (tertiary/aromatic N) is 2. The minimum atomic E-state index is -0.660. The Balaban J connectivity index is 1.31. The molecule has 2 unspecified atom stereocenters. The molecule has 5 nitrogen and oxygen atoms in total. The van der Waals surface area contributed by atoms with E-state index in [1.165, 1.54) is 22.3 Å². The van der Waals surface area contributed by atoms with Crippen molar-refractivity contribution in [1.82, 2.24) is 9.55 Å². The quantitative estimate of drug-likeness (QED) is 0.124. The van der Waals surface area contributed by atoms with Crippen LogP contribution in [0.2, 0.25) is 0 Å². The average molecular weight is 623 g/mol. The third-order valence-electron chi connectivity index (χ3n) is 9.09. The molecule has 5 aromatic carbocycles. The Hall–Kier alpha value is -5.13. The van der Waals surface area contributed by atoms with Gasteiger partial charge in [0, 0.05) is 12.3 Å². The molecule has 0 aliphatic rings. The summed E-state index contributed by atoms with van der Waals surface area (Å²) in [7, 11) is 3.26. The highest BCUT2D eigenvalue weighted by Gasteiger charge is 2.38. The van der Waals surface area contributed by atoms with Crippen molar-refractivity contribution >= 4 is 0 Å². The van der Waals surface area contributed by atoms with E-state index in [0.717, 1.165) is 30.5 Å². The summed E-state index contributed by atoms with van der Waals surface area (Å²) in [5, 5.41) is 11.5. The van der Waals surface area contributed by atoms with Crippen molar-refractivity contribution in [2.45, 2.75) is 37.3 Å². The first-order valence-electron chi connectivity index (χ1n) is 16.2. The highest BCUT2D eigenvalue weighted by molar-refractivity contribution is 5.50. The van der Waals surface area contributed by atoms with Gasteiger partial charge < -0.3 is 19.1 Å². The van der Waals surface area contributed by atoms with Gasteiger partial charge in [-0.05, 0) is 71.6 Å². The Morgan fingerprint density at radius 1 is 0.681 bits per heavy atom. The first-order chi connectivity index (χ1) is 23.1. The number of hydrogen-bond acceptors (Lipinski definition) is 4. The van der Waals surface area contributed by atoms with Gasteiger partial charge in [-0.15, -0.1) is 0 Å². The van der Waals surface area contributed by atoms with Gasteiger partial charge >= 0.3 is 0 Å². The lowest BCUT2D eigenvalue weighted by Gasteiger charge is -2.37. The minimum absolute atomic E-state index is 0.219. The normalized spacial score (nSPS) is 12.7. The molecular weight excluding hydrogens is 580 g/mol. The zero-order chi connectivity index (χ0) is 32.5. The van der Waals surface area contributed by atoms with Gasteiger partial charge in [-0.2, -0.15) is 0 Å². The third kappa shape index (κ3) is 7.16. The molecule has 0 spiro atoms. The number of rotatable bonds is 14. The van der Waals surface area contributed by atoms with Crippen molar-refractivity contribution in [3.05, 3.63) is 186 Å². The molecule has 238 valence electrons. The number of aliphatic hydroxyl groups is 1. The molecule has 5 heteroatoms. The monoisotopic (exact) mass is 622 g/mol. The van der Waals surface area contributed by atoms with Crippen LogP contribution >= 0.6 is 0 Å². The van der Waals surface area contributed by atoms with Crippen LogP contribution in [0.5, 0.6) is 11.5 Å². The number of ether oxygens (including phenoxy) is 2. The lowest BCUT2D eigenvalue weighted by molar-refractivity contribution is 0.140. The second-order valence-electron chi connectivity index (χ2n) is 12.1. The lowest BCUT2D eigenvalue weighted by Crippen LogP contribution is -2.36. The van der Waals surface area contributed by atoms with Crippen molar-refractivity contribution in [2.75, 3.05) is 14.2 Å². The van der Waals surface area contributed by atoms with E-state index < -0.39 is 11.6 Å². The van der Waals surface area contributed by atoms with E-state index in [2.05, 4.69) is 126 Å². The Labute approximate surface area is 278 Å². The number of hydrogen-bond donors (Lipinski definition) is 1. The van der Waals surface area contributed by atoms with E-state index in [0.29, 0.717) is 17.9 Å². The van der Waals surface area contributed by atoms with E-state index in [1.54, 1.807) is 14.2 Å². The summed E-state index contributed by atoms with van der Waals surface area (Å²) in [5.41, 5.74) is 5.98. The van der Waals surface area contributed by atoms with Crippen molar-refractivity contribution in [3.63, 3.8) is 0 Å². The predicted octanol–water partition coefficient (Wildman–Crippen LogP) is 8.66. The molecule has 6 aromatic rings. The average Bonchev–Trinajstić information content (AvgIpc) is 3.61. The van der Waals surface area contributed by atoms with Crippen LogP contribution < -0.4 is 9.47 Å². The molecule has 0 radical (unpaired) electrons. The van der Waals surface area contributed by atoms with Crippen LogP contribution in [0, 0.1) is 5.92 Å². The topological polar surface area (TPSA) is 56.5 Å². The van der Waals surface area contributed by atoms with Crippen molar-refractivity contribution < 1.29 is 14.6 Å². The molecule has 1 N–H and O–H groups in total. The van der Waals surface area contributed by atoms with E-state index >= 15 is 0 Å². The van der Waals surface area contributed by atoms with Crippen molar-refractivity contribution in [2.24, 2.45) is 5.92 Å². The summed E-state index contributed by atoms with van der Waals surface area (Å²) in [6.45, 7) is 0. The van der Waals surface area contributed by atoms with Gasteiger partial charge in [-0.1, -0.05) is 121 Å². The molecule has 0 saturated carbocycles. The van der Waals surface area contributed by atoms with Crippen molar-refractivity contribution in [3.8, 4) is 11.5 Å². The lowest BCUT2D eigenvalue weighted by atomic mass is 9.77. The van der Waals surface area contributed by atoms with Gasteiger partial charge in [0.05, 0.1) is 32.3 Å². The van der Waals surface area contributed by atoms with Gasteiger partial charge in [0.15, 0.2) is 0 Å². The van der Waals surface area contributed by atoms with Crippen LogP contribution in [0.3, 0.4) is 0 Å². The maximum atomic E-state index is 11.5. The standard InChI is InChI=1S/C42H42N2O3/c1-46-39-27-34(28-40(29-39)47-2)41(45)26-33(25-32-15-7-3-8-16-32)23-24-38-30-44(31-43-38)42(35-17-9-4-10-18-35,36-19-11-5-12-20-36)37-21-13-6-14-22-37/h3-22,27-31,33,41,45H,23-26H2,1-2H3. The van der Waals surface area contributed by atoms with Crippen LogP contribution in [0.25, 0.3) is 0 Å². The largest absolute Gasteiger partial charge is 0.497 e. The van der Waals surface area contributed by atoms with Crippen LogP contribution in [0.1, 0.15) is 52.5 Å². The zero-order valence-corrected chi connectivity index (χ0v) is 27.1. The van der Waals surface area contributed by atoms with Crippen LogP contribution in [0.4, 0.5) is 0 Å². The highest BCUT2D eigenvalue weighted by Crippen LogP contribution is 2.41. The maximum Gasteiger partial charge on any atom is 0.122 e. The SMILES string of the molecule is COc1cc(OC)cc(C(O)CC(CCc2cn(C(c3ccccc3)(c3ccccc3)c3ccccc3)cn2)Cc2ccccc2)c1. The molecule has 1 heterocycles. The fourth-order valence-electron chi connectivity index (χ4n) is 6.74. The highest BCUT2D eigenvalue weighted by atomic mass is 16.5. The molecule has 0 fully saturated rings. The van der Waals surface area contributed by atoms with Gasteiger partial charge in [0.1, 0.15) is 17.0 Å². The Bertz CT molecular complexity index is 1700. The summed E-state index contributed by atoms with van der Waals surface area (Å²) >= 11 is 0. The smallest absolute Gasteiger partial charge is 0.122 e. The van der Waals surface area contributed by atoms with Crippen molar-refractivity contribution in [1.29, 1.82) is 0 Å². The van der Waals surface area contributed by atoms with Gasteiger partial charge in [0.25, 0.3) is 0 Å². The first-order valence-corrected chi connectivity index (χ1v) is 16.2. The van der Waals surface area contributed by atoms with Crippen LogP contribution in [-0.4, -0.2) is 28.9 Å². The van der Waals surface area contributed by atoms with Gasteiger partial charge in [-0.3, -0.25) is 0 Å². The fraction of sp³-hybridized carbons (Fsp3) is 0.214. The molecule has 0 aliphatic carbocycles. The molecule has 2 atom stereocenters. The molecule has 0 bridgehead atoms. The Morgan fingerprint density at radius 2 is 1.17 bits per heavy atom. The number of aryl methyl sites for hydroxylation is 1. The molecule has 47 heavy (non-hydrogen) atoms. The Morgan fingerprint density at radius 3 is 1.66 bits per heavy atom. The summed E-state index contributed by atoms with van der Waals surface area (Å²) in [4.78, 5) is 4.99. The number of benzene rings is 5. The molecular formula is C42H42N2O3. The minimum Gasteiger partial charge on any atom is -0.497 e. The summed E-state index contributed by atoms with van der Waals surface area (Å²) in [6.07, 6.45) is 6.65. The fourth-order valence-corrected chi connectivity index (χ4v) is 6.74. The van der Waals surface area contributed by atoms with Crippen LogP contribution in [-0.2, 0) is 18.4 Å². The number of aliphatic hydroxyl groups excluding tert-OH is 1. The first kappa shape index (κ1) is 31.8. The maximum absolute atomic E-state index is 11.5. The van der Waals surface area contributed by atoms with Gasteiger partial charge in [-0.25, -0.2) is 4.98 Å². The third-order valence-corrected chi connectivity index (χ3v) is 9.09. The molecule has 6 rings (SSSR count). The summed E-state index contributed by atoms with van der Waals surface area (Å²) in [6, 6.07) is 48.1. The molecule has 0 saturated heterocycles. The molecule has 1 aromatic heterocycles. The second-order valence-corrected chi connectivity index (χ2v) is 12.1. The Kier molecular flexibility index (Phi) is 10.1. The zero-order valence-electron chi connectivity index (χ0n) is 27.1. The van der Waals surface area contributed by atoms with E-state index in [9.17, 15) is 5.11 Å². The molecule has 0 amide bonds. The summed E-state index contributed by atoms with van der Waals surface area (Å²) in [5.74, 6) is 1.56. The number of aromatic nitrogens is 2. The van der Waals surface area contributed by atoms with E-state index in [-0.39, 0.29) is 5.92 Å². The van der Waals surface area contributed by atoms with E-state index in [4.69, 9.17) is 14.5 Å². The second kappa shape index (κ2) is 15.0. The number of imidazole rings is 1. The molecule has 0 aliphatic heterocycles. The van der Waals surface area contributed by atoms with E-state index in [1.807, 2.05) is 30.6 Å². The van der Waals surface area contributed by atoms with Gasteiger partial charge in [0.2, 0.25) is 0 Å². The summed E-state index contributed by atoms with van der Waals surface area (Å²) < 4.78 is 13.2. The number of methoxy groups -OCH3 is 2.